The molecule has 0 aliphatic carbocycles. The summed E-state index contributed by atoms with van der Waals surface area (Å²) in [5.41, 5.74) is 8.88. The Morgan fingerprint density at radius 1 is 1.07 bits per heavy atom. The summed E-state index contributed by atoms with van der Waals surface area (Å²) in [6.45, 7) is 8.83. The van der Waals surface area contributed by atoms with E-state index in [1.165, 1.54) is 56.4 Å². The molecular weight excluding hydrogens is 346 g/mol. The quantitative estimate of drug-likeness (QED) is 0.379. The van der Waals surface area contributed by atoms with Gasteiger partial charge in [0.15, 0.2) is 0 Å². The predicted molar refractivity (Wildman–Crippen MR) is 119 cm³/mol. The molecule has 2 rings (SSSR count). The van der Waals surface area contributed by atoms with E-state index in [2.05, 4.69) is 58.0 Å². The molecule has 0 saturated heterocycles. The summed E-state index contributed by atoms with van der Waals surface area (Å²) in [7, 11) is 0. The molecule has 1 heterocycles. The third-order valence-electron chi connectivity index (χ3n) is 4.91. The van der Waals surface area contributed by atoms with Crippen molar-refractivity contribution in [3.63, 3.8) is 0 Å². The third-order valence-corrected chi connectivity index (χ3v) is 4.91. The van der Waals surface area contributed by atoms with Gasteiger partial charge in [0.05, 0.1) is 12.8 Å². The average Bonchev–Trinajstić information content (AvgIpc) is 3.20. The van der Waals surface area contributed by atoms with E-state index in [-0.39, 0.29) is 6.04 Å². The van der Waals surface area contributed by atoms with Crippen LogP contribution in [-0.4, -0.2) is 46.8 Å². The first-order chi connectivity index (χ1) is 13.7. The van der Waals surface area contributed by atoms with Crippen LogP contribution in [-0.2, 0) is 13.0 Å². The highest BCUT2D eigenvalue weighted by atomic mass is 15.1. The van der Waals surface area contributed by atoms with E-state index in [4.69, 9.17) is 5.73 Å². The maximum absolute atomic E-state index is 6.36. The number of H-pyrrole nitrogens is 1. The number of unbranched alkanes of at least 4 members (excludes halogenated alkanes) is 1. The number of hydrogen-bond acceptors (Lipinski definition) is 4. The molecule has 5 nitrogen and oxygen atoms in total. The predicted octanol–water partition coefficient (Wildman–Crippen LogP) is 4.19. The average molecular weight is 384 g/mol. The molecule has 154 valence electrons. The summed E-state index contributed by atoms with van der Waals surface area (Å²) < 4.78 is 0. The Bertz CT molecular complexity index is 642. The van der Waals surface area contributed by atoms with Crippen LogP contribution in [0.4, 0.5) is 0 Å². The zero-order valence-corrected chi connectivity index (χ0v) is 17.6. The number of hydrogen-bond donors (Lipinski definition) is 2. The largest absolute Gasteiger partial charge is 0.344 e. The summed E-state index contributed by atoms with van der Waals surface area (Å²) in [4.78, 5) is 14.1. The molecule has 0 radical (unpaired) electrons. The van der Waals surface area contributed by atoms with E-state index in [0.717, 1.165) is 18.7 Å². The van der Waals surface area contributed by atoms with Crippen LogP contribution in [0.2, 0.25) is 0 Å². The molecule has 1 aromatic carbocycles. The highest BCUT2D eigenvalue weighted by molar-refractivity contribution is 5.74. The molecule has 1 atom stereocenters. The molecule has 3 N–H and O–H groups in total. The SMILES string of the molecule is CCCN(CCC)CCCCC(N)Cc1ccc(C/N=C/c2ncc[nH]2)cc1. The Labute approximate surface area is 170 Å². The molecule has 1 aromatic heterocycles. The summed E-state index contributed by atoms with van der Waals surface area (Å²) >= 11 is 0. The fraction of sp³-hybridized carbons (Fsp3) is 0.565. The highest BCUT2D eigenvalue weighted by Crippen LogP contribution is 2.11. The van der Waals surface area contributed by atoms with Gasteiger partial charge in [-0.2, -0.15) is 0 Å². The standard InChI is InChI=1S/C23H37N5/c1-3-14-28(15-4-2)16-6-5-7-22(24)17-20-8-10-21(11-9-20)18-25-19-23-26-12-13-27-23/h8-13,19,22H,3-7,14-18,24H2,1-2H3,(H,26,27)/b25-19+. The lowest BCUT2D eigenvalue weighted by Crippen LogP contribution is -2.27. The molecular formula is C23H37N5. The Morgan fingerprint density at radius 2 is 1.79 bits per heavy atom. The Morgan fingerprint density at radius 3 is 2.43 bits per heavy atom. The number of aromatic amines is 1. The van der Waals surface area contributed by atoms with Gasteiger partial charge in [-0.15, -0.1) is 0 Å². The van der Waals surface area contributed by atoms with Gasteiger partial charge in [0.1, 0.15) is 5.82 Å². The van der Waals surface area contributed by atoms with E-state index < -0.39 is 0 Å². The lowest BCUT2D eigenvalue weighted by molar-refractivity contribution is 0.267. The molecule has 2 aromatic rings. The first-order valence-corrected chi connectivity index (χ1v) is 10.8. The van der Waals surface area contributed by atoms with Gasteiger partial charge < -0.3 is 15.6 Å². The molecule has 0 saturated carbocycles. The van der Waals surface area contributed by atoms with Crippen molar-refractivity contribution in [3.8, 4) is 0 Å². The van der Waals surface area contributed by atoms with Crippen molar-refractivity contribution in [1.29, 1.82) is 0 Å². The van der Waals surface area contributed by atoms with Crippen LogP contribution < -0.4 is 5.73 Å². The van der Waals surface area contributed by atoms with Crippen LogP contribution in [0, 0.1) is 0 Å². The molecule has 0 aliphatic heterocycles. The Hall–Kier alpha value is -1.98. The van der Waals surface area contributed by atoms with Crippen molar-refractivity contribution in [2.24, 2.45) is 10.7 Å². The lowest BCUT2D eigenvalue weighted by Gasteiger charge is -2.21. The number of nitrogens with zero attached hydrogens (tertiary/aromatic N) is 3. The first-order valence-electron chi connectivity index (χ1n) is 10.8. The summed E-state index contributed by atoms with van der Waals surface area (Å²) in [6, 6.07) is 8.90. The van der Waals surface area contributed by atoms with Crippen molar-refractivity contribution >= 4 is 6.21 Å². The van der Waals surface area contributed by atoms with Crippen LogP contribution in [0.25, 0.3) is 0 Å². The summed E-state index contributed by atoms with van der Waals surface area (Å²) in [5, 5.41) is 0. The van der Waals surface area contributed by atoms with E-state index in [1.807, 2.05) is 0 Å². The monoisotopic (exact) mass is 383 g/mol. The van der Waals surface area contributed by atoms with Gasteiger partial charge in [-0.05, 0) is 62.9 Å². The molecule has 0 aliphatic rings. The molecule has 0 bridgehead atoms. The second-order valence-corrected chi connectivity index (χ2v) is 7.56. The fourth-order valence-corrected chi connectivity index (χ4v) is 3.48. The van der Waals surface area contributed by atoms with Crippen molar-refractivity contribution < 1.29 is 0 Å². The van der Waals surface area contributed by atoms with E-state index in [1.54, 1.807) is 18.6 Å². The number of imidazole rings is 1. The van der Waals surface area contributed by atoms with E-state index in [9.17, 15) is 0 Å². The fourth-order valence-electron chi connectivity index (χ4n) is 3.48. The second kappa shape index (κ2) is 13.2. The molecule has 5 heteroatoms. The number of aromatic nitrogens is 2. The third kappa shape index (κ3) is 8.81. The van der Waals surface area contributed by atoms with Gasteiger partial charge in [0, 0.05) is 18.4 Å². The smallest absolute Gasteiger partial charge is 0.148 e. The van der Waals surface area contributed by atoms with Crippen LogP contribution in [0.3, 0.4) is 0 Å². The Balaban J connectivity index is 1.65. The van der Waals surface area contributed by atoms with Crippen LogP contribution in [0.5, 0.6) is 0 Å². The van der Waals surface area contributed by atoms with Crippen LogP contribution in [0.15, 0.2) is 41.7 Å². The Kier molecular flexibility index (Phi) is 10.5. The van der Waals surface area contributed by atoms with E-state index in [0.29, 0.717) is 6.54 Å². The van der Waals surface area contributed by atoms with Gasteiger partial charge >= 0.3 is 0 Å². The van der Waals surface area contributed by atoms with Crippen LogP contribution in [0.1, 0.15) is 62.9 Å². The van der Waals surface area contributed by atoms with Gasteiger partial charge in [0.25, 0.3) is 0 Å². The highest BCUT2D eigenvalue weighted by Gasteiger charge is 2.06. The van der Waals surface area contributed by atoms with Crippen molar-refractivity contribution in [2.75, 3.05) is 19.6 Å². The summed E-state index contributed by atoms with van der Waals surface area (Å²) in [5.74, 6) is 0.787. The molecule has 0 spiro atoms. The minimum atomic E-state index is 0.244. The van der Waals surface area contributed by atoms with Gasteiger partial charge in [-0.25, -0.2) is 4.98 Å². The number of aliphatic imine (C=N–C) groups is 1. The number of nitrogens with two attached hydrogens (primary N) is 1. The van der Waals surface area contributed by atoms with E-state index >= 15 is 0 Å². The molecule has 0 fully saturated rings. The second-order valence-electron chi connectivity index (χ2n) is 7.56. The molecule has 0 amide bonds. The van der Waals surface area contributed by atoms with Crippen molar-refractivity contribution in [1.82, 2.24) is 14.9 Å². The zero-order valence-electron chi connectivity index (χ0n) is 17.6. The zero-order chi connectivity index (χ0) is 20.0. The van der Waals surface area contributed by atoms with Crippen LogP contribution >= 0.6 is 0 Å². The topological polar surface area (TPSA) is 70.3 Å². The van der Waals surface area contributed by atoms with Crippen molar-refractivity contribution in [3.05, 3.63) is 53.6 Å². The maximum Gasteiger partial charge on any atom is 0.148 e. The van der Waals surface area contributed by atoms with Gasteiger partial charge in [-0.1, -0.05) is 44.5 Å². The molecule has 28 heavy (non-hydrogen) atoms. The summed E-state index contributed by atoms with van der Waals surface area (Å²) in [6.07, 6.45) is 12.3. The number of benzene rings is 1. The van der Waals surface area contributed by atoms with Gasteiger partial charge in [-0.3, -0.25) is 4.99 Å². The maximum atomic E-state index is 6.36. The van der Waals surface area contributed by atoms with Gasteiger partial charge in [0.2, 0.25) is 0 Å². The minimum absolute atomic E-state index is 0.244. The number of rotatable bonds is 14. The lowest BCUT2D eigenvalue weighted by atomic mass is 10.0. The number of nitrogens with one attached hydrogen (secondary N) is 1. The minimum Gasteiger partial charge on any atom is -0.344 e. The normalized spacial score (nSPS) is 12.9. The van der Waals surface area contributed by atoms with Crippen molar-refractivity contribution in [2.45, 2.75) is 65.0 Å². The molecule has 1 unspecified atom stereocenters. The first kappa shape index (κ1) is 22.3.